The number of piperidine rings is 1. The summed E-state index contributed by atoms with van der Waals surface area (Å²) in [5.74, 6) is -0.116. The Hall–Kier alpha value is -2.97. The fourth-order valence-electron chi connectivity index (χ4n) is 2.93. The van der Waals surface area contributed by atoms with Gasteiger partial charge in [0.15, 0.2) is 0 Å². The smallest absolute Gasteiger partial charge is 0.353 e. The quantitative estimate of drug-likeness (QED) is 0.646. The summed E-state index contributed by atoms with van der Waals surface area (Å²) in [5.41, 5.74) is 5.43. The Morgan fingerprint density at radius 2 is 2.16 bits per heavy atom. The normalized spacial score (nSPS) is 17.4. The van der Waals surface area contributed by atoms with Gasteiger partial charge in [0, 0.05) is 13.1 Å². The molecule has 0 amide bonds. The van der Waals surface area contributed by atoms with Crippen molar-refractivity contribution in [1.29, 1.82) is 0 Å². The molecule has 132 valence electrons. The number of hydrogen-bond donors (Lipinski definition) is 2. The minimum atomic E-state index is -0.666. The molecule has 3 N–H and O–H groups in total. The zero-order valence-corrected chi connectivity index (χ0v) is 13.8. The van der Waals surface area contributed by atoms with Crippen LogP contribution in [-0.4, -0.2) is 28.0 Å². The molecule has 1 saturated heterocycles. The first kappa shape index (κ1) is 16.9. The summed E-state index contributed by atoms with van der Waals surface area (Å²) >= 11 is 0. The molecule has 0 saturated carbocycles. The van der Waals surface area contributed by atoms with E-state index in [1.165, 1.54) is 18.2 Å². The molecule has 1 fully saturated rings. The number of nitrogens with zero attached hydrogens (tertiary/aromatic N) is 4. The number of hydrogen-bond acceptors (Lipinski definition) is 7. The van der Waals surface area contributed by atoms with Gasteiger partial charge in [-0.2, -0.15) is 9.97 Å². The van der Waals surface area contributed by atoms with Crippen molar-refractivity contribution >= 4 is 29.0 Å². The third kappa shape index (κ3) is 3.59. The Bertz CT molecular complexity index is 800. The topological polar surface area (TPSA) is 110 Å². The van der Waals surface area contributed by atoms with Gasteiger partial charge in [-0.25, -0.2) is 4.39 Å². The Morgan fingerprint density at radius 3 is 2.84 bits per heavy atom. The van der Waals surface area contributed by atoms with E-state index in [-0.39, 0.29) is 17.3 Å². The molecule has 1 aromatic heterocycles. The van der Waals surface area contributed by atoms with Crippen molar-refractivity contribution in [2.75, 3.05) is 29.0 Å². The highest BCUT2D eigenvalue weighted by Crippen LogP contribution is 2.33. The summed E-state index contributed by atoms with van der Waals surface area (Å²) in [7, 11) is 0. The molecule has 1 aromatic carbocycles. The van der Waals surface area contributed by atoms with Gasteiger partial charge in [0.25, 0.3) is 0 Å². The van der Waals surface area contributed by atoms with Crippen LogP contribution in [0.5, 0.6) is 0 Å². The van der Waals surface area contributed by atoms with E-state index in [0.717, 1.165) is 25.9 Å². The molecular formula is C16H19FN6O2. The van der Waals surface area contributed by atoms with Gasteiger partial charge in [-0.1, -0.05) is 19.1 Å². The van der Waals surface area contributed by atoms with Crippen LogP contribution in [0.1, 0.15) is 19.8 Å². The number of benzene rings is 1. The summed E-state index contributed by atoms with van der Waals surface area (Å²) in [6.45, 7) is 3.62. The van der Waals surface area contributed by atoms with E-state index >= 15 is 0 Å². The molecule has 1 atom stereocenters. The van der Waals surface area contributed by atoms with E-state index in [1.54, 1.807) is 6.07 Å². The average Bonchev–Trinajstić information content (AvgIpc) is 2.56. The fraction of sp³-hybridized carbons (Fsp3) is 0.375. The van der Waals surface area contributed by atoms with Gasteiger partial charge < -0.3 is 16.0 Å². The molecule has 1 unspecified atom stereocenters. The molecule has 0 spiro atoms. The summed E-state index contributed by atoms with van der Waals surface area (Å²) in [4.78, 5) is 21.0. The standard InChI is InChI=1S/C16H19FN6O2/c1-10-5-4-8-22(9-10)16-20-14(18)13(23(24)25)15(21-16)19-12-7-3-2-6-11(12)17/h2-3,6-7,10H,4-5,8-9H2,1H3,(H3,18,19,20,21). The molecule has 25 heavy (non-hydrogen) atoms. The second-order valence-electron chi connectivity index (χ2n) is 6.16. The van der Waals surface area contributed by atoms with Crippen molar-refractivity contribution in [2.24, 2.45) is 5.92 Å². The Kier molecular flexibility index (Phi) is 4.64. The second kappa shape index (κ2) is 6.88. The van der Waals surface area contributed by atoms with E-state index in [1.807, 2.05) is 4.90 Å². The maximum absolute atomic E-state index is 13.9. The van der Waals surface area contributed by atoms with Crippen molar-refractivity contribution < 1.29 is 9.31 Å². The number of nitrogens with two attached hydrogens (primary N) is 1. The number of aromatic nitrogens is 2. The number of anilines is 4. The summed E-state index contributed by atoms with van der Waals surface area (Å²) in [5, 5.41) is 14.0. The highest BCUT2D eigenvalue weighted by Gasteiger charge is 2.27. The Morgan fingerprint density at radius 1 is 1.40 bits per heavy atom. The minimum Gasteiger partial charge on any atom is -0.378 e. The number of nitrogens with one attached hydrogen (secondary N) is 1. The zero-order valence-electron chi connectivity index (χ0n) is 13.8. The van der Waals surface area contributed by atoms with E-state index in [9.17, 15) is 14.5 Å². The first-order valence-corrected chi connectivity index (χ1v) is 8.04. The van der Waals surface area contributed by atoms with Gasteiger partial charge in [-0.05, 0) is 30.9 Å². The molecule has 0 aliphatic carbocycles. The SMILES string of the molecule is CC1CCCN(c2nc(N)c([N+](=O)[O-])c(Nc3ccccc3F)n2)C1. The van der Waals surface area contributed by atoms with Crippen LogP contribution >= 0.6 is 0 Å². The molecule has 2 heterocycles. The molecular weight excluding hydrogens is 327 g/mol. The molecule has 1 aliphatic heterocycles. The van der Waals surface area contributed by atoms with Crippen molar-refractivity contribution in [2.45, 2.75) is 19.8 Å². The van der Waals surface area contributed by atoms with Crippen molar-refractivity contribution in [1.82, 2.24) is 9.97 Å². The summed E-state index contributed by atoms with van der Waals surface area (Å²) < 4.78 is 13.9. The predicted octanol–water partition coefficient (Wildman–Crippen LogP) is 3.09. The minimum absolute atomic E-state index is 0.0849. The summed E-state index contributed by atoms with van der Waals surface area (Å²) in [6, 6.07) is 5.88. The van der Waals surface area contributed by atoms with Crippen LogP contribution in [-0.2, 0) is 0 Å². The number of para-hydroxylation sites is 1. The predicted molar refractivity (Wildman–Crippen MR) is 93.4 cm³/mol. The molecule has 9 heteroatoms. The lowest BCUT2D eigenvalue weighted by molar-refractivity contribution is -0.383. The zero-order chi connectivity index (χ0) is 18.0. The first-order chi connectivity index (χ1) is 12.0. The van der Waals surface area contributed by atoms with Crippen LogP contribution < -0.4 is 16.0 Å². The lowest BCUT2D eigenvalue weighted by Crippen LogP contribution is -2.35. The van der Waals surface area contributed by atoms with E-state index < -0.39 is 16.4 Å². The number of rotatable bonds is 4. The van der Waals surface area contributed by atoms with Crippen molar-refractivity contribution in [3.63, 3.8) is 0 Å². The molecule has 3 rings (SSSR count). The molecule has 2 aromatic rings. The van der Waals surface area contributed by atoms with Gasteiger partial charge in [-0.15, -0.1) is 0 Å². The summed E-state index contributed by atoms with van der Waals surface area (Å²) in [6.07, 6.45) is 2.09. The van der Waals surface area contributed by atoms with Gasteiger partial charge in [0.2, 0.25) is 17.6 Å². The van der Waals surface area contributed by atoms with Gasteiger partial charge in [-0.3, -0.25) is 10.1 Å². The Labute approximate surface area is 144 Å². The van der Waals surface area contributed by atoms with Gasteiger partial charge in [0.05, 0.1) is 10.6 Å². The largest absolute Gasteiger partial charge is 0.378 e. The highest BCUT2D eigenvalue weighted by molar-refractivity contribution is 5.74. The van der Waals surface area contributed by atoms with E-state index in [2.05, 4.69) is 22.2 Å². The lowest BCUT2D eigenvalue weighted by Gasteiger charge is -2.31. The third-order valence-electron chi connectivity index (χ3n) is 4.15. The molecule has 0 radical (unpaired) electrons. The van der Waals surface area contributed by atoms with Crippen molar-refractivity contribution in [3.05, 3.63) is 40.2 Å². The third-order valence-corrected chi connectivity index (χ3v) is 4.15. The van der Waals surface area contributed by atoms with E-state index in [0.29, 0.717) is 11.9 Å². The van der Waals surface area contributed by atoms with Crippen LogP contribution in [0.2, 0.25) is 0 Å². The maximum Gasteiger partial charge on any atom is 0.353 e. The molecule has 8 nitrogen and oxygen atoms in total. The molecule has 1 aliphatic rings. The number of nitro groups is 1. The van der Waals surface area contributed by atoms with E-state index in [4.69, 9.17) is 5.73 Å². The van der Waals surface area contributed by atoms with Crippen LogP contribution in [0.4, 0.5) is 33.3 Å². The van der Waals surface area contributed by atoms with Gasteiger partial charge in [0.1, 0.15) is 5.82 Å². The van der Waals surface area contributed by atoms with Crippen LogP contribution in [0.15, 0.2) is 24.3 Å². The Balaban J connectivity index is 2.02. The highest BCUT2D eigenvalue weighted by atomic mass is 19.1. The monoisotopic (exact) mass is 346 g/mol. The second-order valence-corrected chi connectivity index (χ2v) is 6.16. The number of halogens is 1. The first-order valence-electron chi connectivity index (χ1n) is 8.04. The van der Waals surface area contributed by atoms with Crippen molar-refractivity contribution in [3.8, 4) is 0 Å². The maximum atomic E-state index is 13.9. The van der Waals surface area contributed by atoms with Crippen LogP contribution in [0.25, 0.3) is 0 Å². The average molecular weight is 346 g/mol. The number of nitrogen functional groups attached to an aromatic ring is 1. The van der Waals surface area contributed by atoms with Gasteiger partial charge >= 0.3 is 5.69 Å². The van der Waals surface area contributed by atoms with Crippen LogP contribution in [0, 0.1) is 21.8 Å². The fourth-order valence-corrected chi connectivity index (χ4v) is 2.93. The van der Waals surface area contributed by atoms with Crippen LogP contribution in [0.3, 0.4) is 0 Å². The molecule has 0 bridgehead atoms. The lowest BCUT2D eigenvalue weighted by atomic mass is 10.0.